The van der Waals surface area contributed by atoms with Gasteiger partial charge in [-0.15, -0.1) is 0 Å². The minimum Gasteiger partial charge on any atom is -0.466 e. The number of rotatable bonds is 5. The Morgan fingerprint density at radius 3 is 2.35 bits per heavy atom. The topological polar surface area (TPSA) is 112 Å². The molecule has 0 unspecified atom stereocenters. The van der Waals surface area contributed by atoms with E-state index in [1.807, 2.05) is 0 Å². The average molecular weight is 316 g/mol. The van der Waals surface area contributed by atoms with Crippen molar-refractivity contribution >= 4 is 23.5 Å². The van der Waals surface area contributed by atoms with Gasteiger partial charge in [0.05, 0.1) is 0 Å². The number of nitrogens with two attached hydrogens (primary N) is 1. The third kappa shape index (κ3) is 4.19. The van der Waals surface area contributed by atoms with Gasteiger partial charge in [0.25, 0.3) is 5.91 Å². The van der Waals surface area contributed by atoms with Crippen molar-refractivity contribution in [2.45, 2.75) is 13.8 Å². The van der Waals surface area contributed by atoms with Crippen LogP contribution in [0.3, 0.4) is 0 Å². The number of anilines is 1. The van der Waals surface area contributed by atoms with Gasteiger partial charge in [0, 0.05) is 11.3 Å². The Morgan fingerprint density at radius 2 is 1.83 bits per heavy atom. The molecule has 3 N–H and O–H groups in total. The van der Waals surface area contributed by atoms with Crippen LogP contribution in [0.4, 0.5) is 5.69 Å². The summed E-state index contributed by atoms with van der Waals surface area (Å²) < 4.78 is 10.2. The van der Waals surface area contributed by atoms with Crippen molar-refractivity contribution in [2.75, 3.05) is 11.9 Å². The molecule has 0 radical (unpaired) electrons. The van der Waals surface area contributed by atoms with Crippen LogP contribution >= 0.6 is 0 Å². The number of carbonyl (C=O) groups excluding carboxylic acids is 3. The number of furan rings is 1. The number of hydrogen-bond acceptors (Lipinski definition) is 5. The summed E-state index contributed by atoms with van der Waals surface area (Å²) in [5, 5.41) is 2.54. The molecule has 7 nitrogen and oxygen atoms in total. The largest absolute Gasteiger partial charge is 0.466 e. The van der Waals surface area contributed by atoms with Gasteiger partial charge in [-0.05, 0) is 44.2 Å². The molecule has 0 spiro atoms. The zero-order valence-corrected chi connectivity index (χ0v) is 12.7. The van der Waals surface area contributed by atoms with Crippen LogP contribution in [-0.2, 0) is 9.53 Å². The Kier molecular flexibility index (Phi) is 4.80. The molecular formula is C16H16N2O5. The monoisotopic (exact) mass is 316 g/mol. The van der Waals surface area contributed by atoms with Gasteiger partial charge in [0.15, 0.2) is 6.61 Å². The van der Waals surface area contributed by atoms with Gasteiger partial charge >= 0.3 is 5.97 Å². The van der Waals surface area contributed by atoms with Crippen molar-refractivity contribution < 1.29 is 23.5 Å². The second-order valence-electron chi connectivity index (χ2n) is 4.89. The zero-order chi connectivity index (χ0) is 17.0. The van der Waals surface area contributed by atoms with E-state index in [2.05, 4.69) is 5.32 Å². The number of hydrogen-bond donors (Lipinski definition) is 2. The van der Waals surface area contributed by atoms with Gasteiger partial charge < -0.3 is 20.2 Å². The van der Waals surface area contributed by atoms with Crippen molar-refractivity contribution in [3.05, 3.63) is 53.0 Å². The van der Waals surface area contributed by atoms with E-state index in [0.717, 1.165) is 0 Å². The molecule has 0 saturated carbocycles. The van der Waals surface area contributed by atoms with E-state index >= 15 is 0 Å². The summed E-state index contributed by atoms with van der Waals surface area (Å²) in [6.45, 7) is 2.93. The van der Waals surface area contributed by atoms with Crippen LogP contribution in [0.1, 0.15) is 32.2 Å². The van der Waals surface area contributed by atoms with Crippen LogP contribution in [0.2, 0.25) is 0 Å². The first-order valence-electron chi connectivity index (χ1n) is 6.80. The van der Waals surface area contributed by atoms with E-state index in [0.29, 0.717) is 28.3 Å². The van der Waals surface area contributed by atoms with Gasteiger partial charge in [-0.3, -0.25) is 9.59 Å². The molecule has 1 aromatic heterocycles. The summed E-state index contributed by atoms with van der Waals surface area (Å²) in [4.78, 5) is 34.5. The zero-order valence-electron chi connectivity index (χ0n) is 12.7. The lowest BCUT2D eigenvalue weighted by Gasteiger charge is -2.06. The van der Waals surface area contributed by atoms with E-state index in [9.17, 15) is 14.4 Å². The molecule has 0 aliphatic rings. The first-order chi connectivity index (χ1) is 10.9. The molecule has 1 heterocycles. The molecule has 0 aliphatic heterocycles. The summed E-state index contributed by atoms with van der Waals surface area (Å²) in [7, 11) is 0. The first kappa shape index (κ1) is 16.3. The highest BCUT2D eigenvalue weighted by Crippen LogP contribution is 2.15. The van der Waals surface area contributed by atoms with Gasteiger partial charge in [-0.1, -0.05) is 0 Å². The Hall–Kier alpha value is -3.09. The van der Waals surface area contributed by atoms with E-state index in [-0.39, 0.29) is 0 Å². The maximum Gasteiger partial charge on any atom is 0.342 e. The smallest absolute Gasteiger partial charge is 0.342 e. The fourth-order valence-corrected chi connectivity index (χ4v) is 1.96. The number of primary amides is 1. The average Bonchev–Trinajstić information content (AvgIpc) is 2.84. The lowest BCUT2D eigenvalue weighted by atomic mass is 10.2. The molecule has 0 saturated heterocycles. The maximum atomic E-state index is 11.8. The minimum atomic E-state index is -0.626. The van der Waals surface area contributed by atoms with E-state index in [1.54, 1.807) is 19.9 Å². The van der Waals surface area contributed by atoms with Crippen molar-refractivity contribution in [3.8, 4) is 0 Å². The third-order valence-corrected chi connectivity index (χ3v) is 3.05. The van der Waals surface area contributed by atoms with E-state index in [4.69, 9.17) is 14.9 Å². The highest BCUT2D eigenvalue weighted by molar-refractivity contribution is 5.97. The van der Waals surface area contributed by atoms with E-state index in [1.165, 1.54) is 24.3 Å². The molecule has 0 aliphatic carbocycles. The molecule has 2 amide bonds. The quantitative estimate of drug-likeness (QED) is 0.817. The summed E-state index contributed by atoms with van der Waals surface area (Å²) in [6, 6.07) is 7.59. The summed E-state index contributed by atoms with van der Waals surface area (Å²) in [5.41, 5.74) is 6.21. The molecule has 0 bridgehead atoms. The summed E-state index contributed by atoms with van der Waals surface area (Å²) in [5.74, 6) is -0.646. The lowest BCUT2D eigenvalue weighted by Crippen LogP contribution is -2.21. The standard InChI is InChI=1S/C16H16N2O5/c1-9-7-13(10(2)23-9)16(21)22-8-14(19)18-12-5-3-11(4-6-12)15(17)20/h3-7H,8H2,1-2H3,(H2,17,20)(H,18,19). The van der Waals surface area contributed by atoms with Crippen LogP contribution < -0.4 is 11.1 Å². The number of esters is 1. The lowest BCUT2D eigenvalue weighted by molar-refractivity contribution is -0.119. The molecule has 23 heavy (non-hydrogen) atoms. The van der Waals surface area contributed by atoms with Crippen LogP contribution in [0.5, 0.6) is 0 Å². The number of amides is 2. The molecule has 2 rings (SSSR count). The molecule has 0 fully saturated rings. The normalized spacial score (nSPS) is 10.2. The van der Waals surface area contributed by atoms with Crippen LogP contribution in [0.25, 0.3) is 0 Å². The van der Waals surface area contributed by atoms with Crippen LogP contribution in [0.15, 0.2) is 34.7 Å². The van der Waals surface area contributed by atoms with Gasteiger partial charge in [0.2, 0.25) is 5.91 Å². The highest BCUT2D eigenvalue weighted by Gasteiger charge is 2.16. The third-order valence-electron chi connectivity index (χ3n) is 3.05. The van der Waals surface area contributed by atoms with Crippen LogP contribution in [-0.4, -0.2) is 24.4 Å². The minimum absolute atomic E-state index is 0.293. The Bertz CT molecular complexity index is 746. The SMILES string of the molecule is Cc1cc(C(=O)OCC(=O)Nc2ccc(C(N)=O)cc2)c(C)o1. The fraction of sp³-hybridized carbons (Fsp3) is 0.188. The number of benzene rings is 1. The van der Waals surface area contributed by atoms with Gasteiger partial charge in [0.1, 0.15) is 17.1 Å². The van der Waals surface area contributed by atoms with Gasteiger partial charge in [-0.25, -0.2) is 4.79 Å². The first-order valence-corrected chi connectivity index (χ1v) is 6.80. The predicted octanol–water partition coefficient (Wildman–Crippen LogP) is 1.79. The van der Waals surface area contributed by atoms with Gasteiger partial charge in [-0.2, -0.15) is 0 Å². The number of nitrogens with one attached hydrogen (secondary N) is 1. The number of ether oxygens (including phenoxy) is 1. The predicted molar refractivity (Wildman–Crippen MR) is 82.1 cm³/mol. The number of aryl methyl sites for hydroxylation is 2. The fourth-order valence-electron chi connectivity index (χ4n) is 1.96. The van der Waals surface area contributed by atoms with Crippen molar-refractivity contribution in [1.29, 1.82) is 0 Å². The summed E-state index contributed by atoms with van der Waals surface area (Å²) in [6.07, 6.45) is 0. The number of carbonyl (C=O) groups is 3. The molecular weight excluding hydrogens is 300 g/mol. The second-order valence-corrected chi connectivity index (χ2v) is 4.89. The highest BCUT2D eigenvalue weighted by atomic mass is 16.5. The molecule has 0 atom stereocenters. The van der Waals surface area contributed by atoms with Crippen molar-refractivity contribution in [3.63, 3.8) is 0 Å². The molecule has 1 aromatic carbocycles. The molecule has 7 heteroatoms. The Labute approximate surface area is 132 Å². The van der Waals surface area contributed by atoms with Crippen molar-refractivity contribution in [2.24, 2.45) is 5.73 Å². The van der Waals surface area contributed by atoms with Crippen molar-refractivity contribution in [1.82, 2.24) is 0 Å². The molecule has 2 aromatic rings. The second kappa shape index (κ2) is 6.78. The summed E-state index contributed by atoms with van der Waals surface area (Å²) >= 11 is 0. The Balaban J connectivity index is 1.88. The Morgan fingerprint density at radius 1 is 1.17 bits per heavy atom. The molecule has 120 valence electrons. The van der Waals surface area contributed by atoms with Crippen LogP contribution in [0, 0.1) is 13.8 Å². The van der Waals surface area contributed by atoms with E-state index < -0.39 is 24.4 Å². The maximum absolute atomic E-state index is 11.8.